The first kappa shape index (κ1) is 21.7. The molecule has 0 spiro atoms. The van der Waals surface area contributed by atoms with Crippen LogP contribution in [0.5, 0.6) is 0 Å². The number of hydrogen-bond donors (Lipinski definition) is 0. The van der Waals surface area contributed by atoms with Crippen LogP contribution in [0, 0.1) is 0 Å². The summed E-state index contributed by atoms with van der Waals surface area (Å²) in [6.07, 6.45) is 3.45. The molecule has 0 saturated heterocycles. The molecule has 0 aliphatic heterocycles. The lowest BCUT2D eigenvalue weighted by Crippen LogP contribution is -2.26. The van der Waals surface area contributed by atoms with Gasteiger partial charge in [-0.25, -0.2) is 0 Å². The first-order chi connectivity index (χ1) is 15.1. The van der Waals surface area contributed by atoms with Crippen molar-refractivity contribution in [2.24, 2.45) is 0 Å². The minimum absolute atomic E-state index is 0.0448. The van der Waals surface area contributed by atoms with Crippen LogP contribution in [0.25, 0.3) is 6.08 Å². The minimum Gasteiger partial charge on any atom is -0.289 e. The summed E-state index contributed by atoms with van der Waals surface area (Å²) in [7, 11) is 0. The van der Waals surface area contributed by atoms with Gasteiger partial charge in [0.1, 0.15) is 15.9 Å². The van der Waals surface area contributed by atoms with Gasteiger partial charge in [0.25, 0.3) is 0 Å². The van der Waals surface area contributed by atoms with Crippen LogP contribution < -0.4 is 15.9 Å². The van der Waals surface area contributed by atoms with E-state index in [4.69, 9.17) is 11.6 Å². The average Bonchev–Trinajstić information content (AvgIpc) is 2.84. The highest BCUT2D eigenvalue weighted by Crippen LogP contribution is 2.62. The number of rotatable bonds is 6. The van der Waals surface area contributed by atoms with Gasteiger partial charge in [-0.3, -0.25) is 4.79 Å². The number of hydrogen-bond acceptors (Lipinski definition) is 1. The van der Waals surface area contributed by atoms with Gasteiger partial charge in [-0.15, -0.1) is 0 Å². The smallest absolute Gasteiger partial charge is 0.185 e. The third kappa shape index (κ3) is 4.88. The van der Waals surface area contributed by atoms with Gasteiger partial charge < -0.3 is 0 Å². The lowest BCUT2D eigenvalue weighted by molar-refractivity contribution is 0.104. The van der Waals surface area contributed by atoms with Crippen LogP contribution in [-0.4, -0.2) is 5.78 Å². The first-order valence-electron chi connectivity index (χ1n) is 9.86. The number of allylic oxidation sites excluding steroid dienone is 1. The van der Waals surface area contributed by atoms with Crippen LogP contribution in [0.3, 0.4) is 0 Å². The van der Waals surface area contributed by atoms with Gasteiger partial charge >= 0.3 is 0 Å². The molecule has 31 heavy (non-hydrogen) atoms. The van der Waals surface area contributed by atoms with E-state index in [9.17, 15) is 4.79 Å². The van der Waals surface area contributed by atoms with Gasteiger partial charge in [0, 0.05) is 10.6 Å². The Morgan fingerprint density at radius 1 is 0.677 bits per heavy atom. The minimum atomic E-state index is -1.93. The van der Waals surface area contributed by atoms with Crippen molar-refractivity contribution < 1.29 is 4.79 Å². The van der Waals surface area contributed by atoms with E-state index < -0.39 is 5.96 Å². The molecule has 4 heteroatoms. The van der Waals surface area contributed by atoms with Crippen molar-refractivity contribution in [3.63, 3.8) is 0 Å². The molecule has 4 aromatic carbocycles. The van der Waals surface area contributed by atoms with E-state index in [2.05, 4.69) is 88.3 Å². The van der Waals surface area contributed by atoms with Crippen LogP contribution in [0.1, 0.15) is 15.9 Å². The lowest BCUT2D eigenvalue weighted by Gasteiger charge is -2.20. The van der Waals surface area contributed by atoms with Crippen LogP contribution in [-0.2, 0) is 0 Å². The molecule has 0 unspecified atom stereocenters. The first-order valence-corrected chi connectivity index (χ1v) is 14.0. The maximum atomic E-state index is 12.4. The standard InChI is InChI=1S/C27H20BrClOP/c28-31(24-7-3-1-4-8-24,25-9-5-2-6-10-25)26-18-11-21(12-19-26)13-20-27(30)22-14-16-23(29)17-15-22/h1-20H/q+1/b20-13+. The Balaban J connectivity index is 1.63. The van der Waals surface area contributed by atoms with E-state index in [1.807, 2.05) is 18.2 Å². The molecule has 1 nitrogen and oxygen atoms in total. The molecule has 0 aromatic heterocycles. The SMILES string of the molecule is O=C(/C=C/c1ccc([P+](Br)(c2ccccc2)c2ccccc2)cc1)c1ccc(Cl)cc1. The molecule has 0 radical (unpaired) electrons. The van der Waals surface area contributed by atoms with E-state index >= 15 is 0 Å². The highest BCUT2D eigenvalue weighted by molar-refractivity contribution is 9.44. The molecular formula is C27H20BrClOP+. The number of carbonyl (C=O) groups excluding carboxylic acids is 1. The molecular weight excluding hydrogens is 487 g/mol. The molecule has 0 fully saturated rings. The van der Waals surface area contributed by atoms with Crippen LogP contribution in [0.2, 0.25) is 5.02 Å². The predicted molar refractivity (Wildman–Crippen MR) is 139 cm³/mol. The fraction of sp³-hybridized carbons (Fsp3) is 0. The molecule has 152 valence electrons. The molecule has 0 aliphatic rings. The summed E-state index contributed by atoms with van der Waals surface area (Å²) in [5.41, 5.74) is 1.60. The van der Waals surface area contributed by atoms with Crippen LogP contribution in [0.4, 0.5) is 0 Å². The van der Waals surface area contributed by atoms with Gasteiger partial charge in [0.05, 0.1) is 0 Å². The van der Waals surface area contributed by atoms with Crippen molar-refractivity contribution >= 4 is 60.8 Å². The monoisotopic (exact) mass is 505 g/mol. The Morgan fingerprint density at radius 3 is 1.68 bits per heavy atom. The summed E-state index contributed by atoms with van der Waals surface area (Å²) < 4.78 is 0. The molecule has 0 amide bonds. The summed E-state index contributed by atoms with van der Waals surface area (Å²) in [5.74, 6) is -1.97. The molecule has 4 aromatic rings. The highest BCUT2D eigenvalue weighted by atomic mass is 79.9. The van der Waals surface area contributed by atoms with Crippen LogP contribution >= 0.6 is 33.1 Å². The maximum Gasteiger partial charge on any atom is 0.185 e. The normalized spacial score (nSPS) is 11.5. The maximum absolute atomic E-state index is 12.4. The van der Waals surface area contributed by atoms with Crippen molar-refractivity contribution in [2.45, 2.75) is 0 Å². The molecule has 0 heterocycles. The zero-order chi connectivity index (χ0) is 21.7. The van der Waals surface area contributed by atoms with E-state index in [0.29, 0.717) is 10.6 Å². The summed E-state index contributed by atoms with van der Waals surface area (Å²) in [5, 5.41) is 4.38. The van der Waals surface area contributed by atoms with Gasteiger partial charge in [-0.1, -0.05) is 66.2 Å². The fourth-order valence-electron chi connectivity index (χ4n) is 3.39. The predicted octanol–water partition coefficient (Wildman–Crippen LogP) is 6.84. The van der Waals surface area contributed by atoms with E-state index in [1.54, 1.807) is 30.3 Å². The second-order valence-electron chi connectivity index (χ2n) is 7.06. The van der Waals surface area contributed by atoms with Gasteiger partial charge in [0.15, 0.2) is 27.2 Å². The van der Waals surface area contributed by atoms with Crippen molar-refractivity contribution in [3.8, 4) is 0 Å². The largest absolute Gasteiger partial charge is 0.289 e. The Morgan fingerprint density at radius 2 is 1.16 bits per heavy atom. The quantitative estimate of drug-likeness (QED) is 0.159. The Hall–Kier alpha value is -2.51. The second kappa shape index (κ2) is 9.75. The van der Waals surface area contributed by atoms with Crippen molar-refractivity contribution in [1.29, 1.82) is 0 Å². The van der Waals surface area contributed by atoms with Crippen molar-refractivity contribution in [2.75, 3.05) is 0 Å². The molecule has 4 rings (SSSR count). The number of benzene rings is 4. The Labute approximate surface area is 196 Å². The summed E-state index contributed by atoms with van der Waals surface area (Å²) >= 11 is 10.1. The Kier molecular flexibility index (Phi) is 6.83. The summed E-state index contributed by atoms with van der Waals surface area (Å²) in [6.45, 7) is 0. The fourth-order valence-corrected chi connectivity index (χ4v) is 8.26. The molecule has 0 bridgehead atoms. The van der Waals surface area contributed by atoms with Crippen molar-refractivity contribution in [3.05, 3.63) is 131 Å². The number of carbonyl (C=O) groups is 1. The number of halogens is 2. The Bertz CT molecular complexity index is 1150. The molecule has 0 N–H and O–H groups in total. The third-order valence-electron chi connectivity index (χ3n) is 5.03. The topological polar surface area (TPSA) is 17.1 Å². The molecule has 0 atom stereocenters. The molecule has 0 aliphatic carbocycles. The number of ketones is 1. The summed E-state index contributed by atoms with van der Waals surface area (Å²) in [4.78, 5) is 12.4. The van der Waals surface area contributed by atoms with E-state index in [-0.39, 0.29) is 5.78 Å². The van der Waals surface area contributed by atoms with E-state index in [1.165, 1.54) is 15.9 Å². The van der Waals surface area contributed by atoms with Gasteiger partial charge in [0.2, 0.25) is 0 Å². The zero-order valence-electron chi connectivity index (χ0n) is 16.7. The molecule has 0 saturated carbocycles. The second-order valence-corrected chi connectivity index (χ2v) is 13.4. The average molecular weight is 507 g/mol. The van der Waals surface area contributed by atoms with E-state index in [0.717, 1.165) is 5.56 Å². The highest BCUT2D eigenvalue weighted by Gasteiger charge is 2.43. The lowest BCUT2D eigenvalue weighted by atomic mass is 10.1. The van der Waals surface area contributed by atoms with Gasteiger partial charge in [-0.05, 0) is 72.3 Å². The van der Waals surface area contributed by atoms with Crippen LogP contribution in [0.15, 0.2) is 115 Å². The summed E-state index contributed by atoms with van der Waals surface area (Å²) in [6, 6.07) is 36.4. The third-order valence-corrected chi connectivity index (χ3v) is 12.0. The zero-order valence-corrected chi connectivity index (χ0v) is 19.9. The van der Waals surface area contributed by atoms with Crippen molar-refractivity contribution in [1.82, 2.24) is 0 Å². The van der Waals surface area contributed by atoms with Gasteiger partial charge in [-0.2, -0.15) is 0 Å².